The summed E-state index contributed by atoms with van der Waals surface area (Å²) in [6, 6.07) is 10.3. The summed E-state index contributed by atoms with van der Waals surface area (Å²) < 4.78 is 1.99. The van der Waals surface area contributed by atoms with Crippen LogP contribution < -0.4 is 0 Å². The molecular weight excluding hydrogens is 186 g/mol. The predicted octanol–water partition coefficient (Wildman–Crippen LogP) is 3.30. The van der Waals surface area contributed by atoms with E-state index in [1.807, 2.05) is 22.9 Å². The van der Waals surface area contributed by atoms with Crippen molar-refractivity contribution in [2.75, 3.05) is 7.11 Å². The van der Waals surface area contributed by atoms with E-state index >= 15 is 0 Å². The van der Waals surface area contributed by atoms with Gasteiger partial charge in [0, 0.05) is 29.7 Å². The van der Waals surface area contributed by atoms with Gasteiger partial charge in [0.1, 0.15) is 7.11 Å². The van der Waals surface area contributed by atoms with E-state index in [4.69, 9.17) is 4.84 Å². The Labute approximate surface area is 91.2 Å². The van der Waals surface area contributed by atoms with Crippen molar-refractivity contribution >= 4 is 11.4 Å². The summed E-state index contributed by atoms with van der Waals surface area (Å²) in [6.07, 6.45) is 6.28. The van der Waals surface area contributed by atoms with Gasteiger partial charge in [0.25, 0.3) is 5.69 Å². The third-order valence-corrected chi connectivity index (χ3v) is 2.89. The van der Waals surface area contributed by atoms with Crippen molar-refractivity contribution in [3.63, 3.8) is 0 Å². The van der Waals surface area contributed by atoms with Crippen molar-refractivity contribution in [2.24, 2.45) is 0 Å². The van der Waals surface area contributed by atoms with E-state index in [9.17, 15) is 0 Å². The molecular formula is C13H18NO+. The minimum atomic E-state index is 1.14. The van der Waals surface area contributed by atoms with Gasteiger partial charge in [-0.3, -0.25) is 4.84 Å². The molecule has 0 amide bonds. The van der Waals surface area contributed by atoms with Gasteiger partial charge in [-0.1, -0.05) is 24.6 Å². The third kappa shape index (κ3) is 2.38. The average Bonchev–Trinajstić information content (AvgIpc) is 2.33. The fourth-order valence-electron chi connectivity index (χ4n) is 2.14. The zero-order valence-corrected chi connectivity index (χ0v) is 9.28. The Hall–Kier alpha value is -1.31. The number of nitrogens with zero attached hydrogens (tertiary/aromatic N) is 1. The molecule has 0 aromatic heterocycles. The van der Waals surface area contributed by atoms with E-state index in [1.165, 1.54) is 37.8 Å². The Morgan fingerprint density at radius 2 is 1.67 bits per heavy atom. The Morgan fingerprint density at radius 1 is 1.00 bits per heavy atom. The predicted molar refractivity (Wildman–Crippen MR) is 61.5 cm³/mol. The van der Waals surface area contributed by atoms with Crippen molar-refractivity contribution in [2.45, 2.75) is 32.1 Å². The fraction of sp³-hybridized carbons (Fsp3) is 0.462. The lowest BCUT2D eigenvalue weighted by Gasteiger charge is -2.10. The maximum atomic E-state index is 5.47. The van der Waals surface area contributed by atoms with Gasteiger partial charge in [-0.2, -0.15) is 0 Å². The lowest BCUT2D eigenvalue weighted by Crippen LogP contribution is -2.18. The van der Waals surface area contributed by atoms with Crippen LogP contribution in [0.3, 0.4) is 0 Å². The highest BCUT2D eigenvalue weighted by Crippen LogP contribution is 2.19. The molecule has 0 radical (unpaired) electrons. The van der Waals surface area contributed by atoms with Crippen molar-refractivity contribution in [1.82, 2.24) is 0 Å². The standard InChI is InChI=1S/C13H18NO/c1-15-14(12-8-4-2-5-9-12)13-10-6-3-7-11-13/h2,4-5,8-9H,3,6-7,10-11H2,1H3/q+1. The number of hydrogen-bond acceptors (Lipinski definition) is 1. The first-order valence-electron chi connectivity index (χ1n) is 5.66. The zero-order valence-electron chi connectivity index (χ0n) is 9.28. The van der Waals surface area contributed by atoms with E-state index in [0.717, 1.165) is 5.69 Å². The monoisotopic (exact) mass is 204 g/mol. The van der Waals surface area contributed by atoms with Gasteiger partial charge in [0.2, 0.25) is 5.71 Å². The van der Waals surface area contributed by atoms with Gasteiger partial charge in [-0.15, -0.1) is 0 Å². The zero-order chi connectivity index (χ0) is 10.5. The topological polar surface area (TPSA) is 12.2 Å². The van der Waals surface area contributed by atoms with E-state index in [-0.39, 0.29) is 0 Å². The minimum Gasteiger partial charge on any atom is -0.274 e. The molecule has 2 nitrogen and oxygen atoms in total. The van der Waals surface area contributed by atoms with Crippen LogP contribution in [0.5, 0.6) is 0 Å². The molecule has 1 fully saturated rings. The lowest BCUT2D eigenvalue weighted by molar-refractivity contribution is -0.722. The summed E-state index contributed by atoms with van der Waals surface area (Å²) in [7, 11) is 1.74. The summed E-state index contributed by atoms with van der Waals surface area (Å²) in [4.78, 5) is 5.47. The Bertz CT molecular complexity index is 335. The molecule has 2 heteroatoms. The van der Waals surface area contributed by atoms with Crippen LogP contribution in [0.4, 0.5) is 5.69 Å². The SMILES string of the molecule is CO[N+](=C1CCCCC1)c1ccccc1. The van der Waals surface area contributed by atoms with Crippen LogP contribution in [0.25, 0.3) is 0 Å². The quantitative estimate of drug-likeness (QED) is 0.532. The van der Waals surface area contributed by atoms with Crippen molar-refractivity contribution in [1.29, 1.82) is 0 Å². The molecule has 1 aliphatic carbocycles. The molecule has 0 saturated heterocycles. The van der Waals surface area contributed by atoms with Crippen LogP contribution in [-0.2, 0) is 4.84 Å². The molecule has 2 rings (SSSR count). The first-order chi connectivity index (χ1) is 7.42. The summed E-state index contributed by atoms with van der Waals surface area (Å²) >= 11 is 0. The largest absolute Gasteiger partial charge is 0.274 e. The molecule has 1 saturated carbocycles. The highest BCUT2D eigenvalue weighted by atomic mass is 16.7. The summed E-state index contributed by atoms with van der Waals surface area (Å²) in [5, 5.41) is 0. The van der Waals surface area contributed by atoms with Crippen molar-refractivity contribution in [3.05, 3.63) is 30.3 Å². The molecule has 1 aromatic carbocycles. The van der Waals surface area contributed by atoms with Crippen LogP contribution in [0.1, 0.15) is 32.1 Å². The Morgan fingerprint density at radius 3 is 2.27 bits per heavy atom. The smallest absolute Gasteiger partial charge is 0.257 e. The first-order valence-corrected chi connectivity index (χ1v) is 5.66. The number of para-hydroxylation sites is 1. The molecule has 0 bridgehead atoms. The van der Waals surface area contributed by atoms with E-state index in [0.29, 0.717) is 0 Å². The summed E-state index contributed by atoms with van der Waals surface area (Å²) in [5.74, 6) is 0. The van der Waals surface area contributed by atoms with Gasteiger partial charge < -0.3 is 0 Å². The molecule has 0 atom stereocenters. The molecule has 0 unspecified atom stereocenters. The van der Waals surface area contributed by atoms with Gasteiger partial charge in [-0.05, 0) is 12.8 Å². The number of rotatable bonds is 2. The van der Waals surface area contributed by atoms with Crippen LogP contribution in [0, 0.1) is 0 Å². The Kier molecular flexibility index (Phi) is 3.38. The first kappa shape index (κ1) is 10.2. The minimum absolute atomic E-state index is 1.14. The second-order valence-corrected chi connectivity index (χ2v) is 3.94. The van der Waals surface area contributed by atoms with Crippen molar-refractivity contribution < 1.29 is 9.58 Å². The van der Waals surface area contributed by atoms with Crippen LogP contribution >= 0.6 is 0 Å². The summed E-state index contributed by atoms with van der Waals surface area (Å²) in [5.41, 5.74) is 2.55. The van der Waals surface area contributed by atoms with Crippen molar-refractivity contribution in [3.8, 4) is 0 Å². The molecule has 15 heavy (non-hydrogen) atoms. The molecule has 0 aliphatic heterocycles. The van der Waals surface area contributed by atoms with Gasteiger partial charge >= 0.3 is 0 Å². The number of hydrogen-bond donors (Lipinski definition) is 0. The molecule has 1 aliphatic rings. The molecule has 80 valence electrons. The molecule has 0 spiro atoms. The van der Waals surface area contributed by atoms with Crippen LogP contribution in [-0.4, -0.2) is 17.6 Å². The lowest BCUT2D eigenvalue weighted by atomic mass is 9.98. The molecule has 1 aromatic rings. The molecule has 0 heterocycles. The summed E-state index contributed by atoms with van der Waals surface area (Å²) in [6.45, 7) is 0. The average molecular weight is 204 g/mol. The van der Waals surface area contributed by atoms with E-state index in [2.05, 4.69) is 12.1 Å². The van der Waals surface area contributed by atoms with Gasteiger partial charge in [0.05, 0.1) is 0 Å². The normalized spacial score (nSPS) is 16.2. The highest BCUT2D eigenvalue weighted by Gasteiger charge is 2.21. The van der Waals surface area contributed by atoms with Crippen LogP contribution in [0.15, 0.2) is 30.3 Å². The van der Waals surface area contributed by atoms with E-state index in [1.54, 1.807) is 7.11 Å². The highest BCUT2D eigenvalue weighted by molar-refractivity contribution is 5.81. The maximum Gasteiger partial charge on any atom is 0.257 e. The van der Waals surface area contributed by atoms with Crippen LogP contribution in [0.2, 0.25) is 0 Å². The van der Waals surface area contributed by atoms with Gasteiger partial charge in [0.15, 0.2) is 0 Å². The number of benzene rings is 1. The third-order valence-electron chi connectivity index (χ3n) is 2.89. The van der Waals surface area contributed by atoms with E-state index < -0.39 is 0 Å². The molecule has 0 N–H and O–H groups in total. The maximum absolute atomic E-state index is 5.47. The fourth-order valence-corrected chi connectivity index (χ4v) is 2.14. The van der Waals surface area contributed by atoms with Gasteiger partial charge in [-0.25, -0.2) is 0 Å². The Balaban J connectivity index is 2.30. The second-order valence-electron chi connectivity index (χ2n) is 3.94. The second kappa shape index (κ2) is 4.96.